The van der Waals surface area contributed by atoms with Gasteiger partial charge in [0, 0.05) is 28.8 Å². The number of fused-ring (bicyclic) bond motifs is 2. The lowest BCUT2D eigenvalue weighted by atomic mass is 10.1. The second-order valence-corrected chi connectivity index (χ2v) is 6.91. The van der Waals surface area contributed by atoms with Gasteiger partial charge in [-0.3, -0.25) is 14.8 Å². The molecule has 3 aromatic heterocycles. The standard InChI is InChI=1S/C22H14F2N4O2/c23-16-10-20-12(2-1-7-25-20)8-14(16)11-28-21-19(27-28)6-5-18(26-21)13-3-4-15(22(29)30)17(24)9-13/h1-10,27H,11H2,(H,29,30). The van der Waals surface area contributed by atoms with Crippen molar-refractivity contribution in [3.05, 3.63) is 83.6 Å². The highest BCUT2D eigenvalue weighted by Gasteiger charge is 2.15. The first-order valence-corrected chi connectivity index (χ1v) is 9.11. The number of pyridine rings is 2. The number of carboxylic acids is 1. The van der Waals surface area contributed by atoms with Crippen LogP contribution in [0.5, 0.6) is 0 Å². The molecule has 0 saturated carbocycles. The molecule has 0 bridgehead atoms. The minimum atomic E-state index is -1.33. The zero-order valence-corrected chi connectivity index (χ0v) is 15.4. The maximum Gasteiger partial charge on any atom is 0.338 e. The van der Waals surface area contributed by atoms with Gasteiger partial charge in [-0.05, 0) is 36.4 Å². The molecule has 148 valence electrons. The molecule has 0 amide bonds. The van der Waals surface area contributed by atoms with Crippen LogP contribution in [0.1, 0.15) is 15.9 Å². The fourth-order valence-corrected chi connectivity index (χ4v) is 3.44. The van der Waals surface area contributed by atoms with Crippen LogP contribution in [0.2, 0.25) is 0 Å². The molecule has 5 rings (SSSR count). The lowest BCUT2D eigenvalue weighted by molar-refractivity contribution is 0.0692. The minimum absolute atomic E-state index is 0.242. The quantitative estimate of drug-likeness (QED) is 0.458. The molecule has 0 aliphatic carbocycles. The number of nitrogens with one attached hydrogen (secondary N) is 1. The number of hydrogen-bond acceptors (Lipinski definition) is 3. The molecule has 2 N–H and O–H groups in total. The number of H-pyrrole nitrogens is 1. The third kappa shape index (κ3) is 2.98. The van der Waals surface area contributed by atoms with Gasteiger partial charge < -0.3 is 5.11 Å². The van der Waals surface area contributed by atoms with Crippen LogP contribution in [-0.4, -0.2) is 30.8 Å². The van der Waals surface area contributed by atoms with E-state index in [1.54, 1.807) is 35.1 Å². The van der Waals surface area contributed by atoms with Gasteiger partial charge >= 0.3 is 5.97 Å². The molecule has 3 heterocycles. The molecule has 0 radical (unpaired) electrons. The Morgan fingerprint density at radius 1 is 1.07 bits per heavy atom. The van der Waals surface area contributed by atoms with Crippen LogP contribution in [0.25, 0.3) is 33.3 Å². The van der Waals surface area contributed by atoms with Crippen LogP contribution in [0.3, 0.4) is 0 Å². The molecule has 0 saturated heterocycles. The lowest BCUT2D eigenvalue weighted by Crippen LogP contribution is -2.14. The van der Waals surface area contributed by atoms with Crippen LogP contribution < -0.4 is 0 Å². The summed E-state index contributed by atoms with van der Waals surface area (Å²) in [6.45, 7) is 0.242. The number of carbonyl (C=O) groups is 1. The van der Waals surface area contributed by atoms with Crippen molar-refractivity contribution >= 4 is 28.0 Å². The Morgan fingerprint density at radius 2 is 1.93 bits per heavy atom. The topological polar surface area (TPSA) is 83.8 Å². The van der Waals surface area contributed by atoms with Crippen molar-refractivity contribution in [3.8, 4) is 11.3 Å². The van der Waals surface area contributed by atoms with E-state index in [0.29, 0.717) is 28.0 Å². The Kier molecular flexibility index (Phi) is 4.06. The average Bonchev–Trinajstić information content (AvgIpc) is 2.72. The fourth-order valence-electron chi connectivity index (χ4n) is 3.44. The molecule has 8 heteroatoms. The van der Waals surface area contributed by atoms with E-state index in [4.69, 9.17) is 5.11 Å². The van der Waals surface area contributed by atoms with E-state index in [-0.39, 0.29) is 12.4 Å². The number of aromatic nitrogens is 4. The summed E-state index contributed by atoms with van der Waals surface area (Å²) in [6.07, 6.45) is 1.62. The summed E-state index contributed by atoms with van der Waals surface area (Å²) in [5, 5.41) is 12.9. The van der Waals surface area contributed by atoms with Crippen LogP contribution >= 0.6 is 0 Å². The van der Waals surface area contributed by atoms with Gasteiger partial charge in [-0.15, -0.1) is 0 Å². The van der Waals surface area contributed by atoms with Crippen molar-refractivity contribution in [2.45, 2.75) is 6.54 Å². The van der Waals surface area contributed by atoms with E-state index < -0.39 is 17.3 Å². The van der Waals surface area contributed by atoms with Gasteiger partial charge in [0.25, 0.3) is 0 Å². The second kappa shape index (κ2) is 6.77. The number of aromatic carboxylic acids is 1. The summed E-state index contributed by atoms with van der Waals surface area (Å²) in [7, 11) is 0. The molecule has 0 atom stereocenters. The number of hydrogen-bond donors (Lipinski definition) is 2. The zero-order valence-electron chi connectivity index (χ0n) is 15.4. The number of nitrogens with zero attached hydrogens (tertiary/aromatic N) is 3. The molecular formula is C22H14F2N4O2. The first-order valence-electron chi connectivity index (χ1n) is 9.11. The van der Waals surface area contributed by atoms with Crippen LogP contribution in [-0.2, 0) is 6.54 Å². The van der Waals surface area contributed by atoms with Gasteiger partial charge in [-0.2, -0.15) is 0 Å². The van der Waals surface area contributed by atoms with E-state index in [2.05, 4.69) is 15.1 Å². The van der Waals surface area contributed by atoms with E-state index in [9.17, 15) is 13.6 Å². The van der Waals surface area contributed by atoms with E-state index in [1.807, 2.05) is 6.07 Å². The van der Waals surface area contributed by atoms with Crippen molar-refractivity contribution in [3.63, 3.8) is 0 Å². The smallest absolute Gasteiger partial charge is 0.338 e. The first-order chi connectivity index (χ1) is 14.5. The van der Waals surface area contributed by atoms with Gasteiger partial charge in [0.15, 0.2) is 5.65 Å². The summed E-state index contributed by atoms with van der Waals surface area (Å²) in [5.41, 5.74) is 2.98. The Bertz CT molecular complexity index is 1440. The Hall–Kier alpha value is -4.07. The summed E-state index contributed by atoms with van der Waals surface area (Å²) < 4.78 is 30.2. The van der Waals surface area contributed by atoms with E-state index in [1.165, 1.54) is 18.2 Å². The Morgan fingerprint density at radius 3 is 2.73 bits per heavy atom. The van der Waals surface area contributed by atoms with Gasteiger partial charge in [0.1, 0.15) is 11.6 Å². The van der Waals surface area contributed by atoms with Crippen molar-refractivity contribution in [1.29, 1.82) is 0 Å². The summed E-state index contributed by atoms with van der Waals surface area (Å²) in [4.78, 5) is 19.7. The average molecular weight is 404 g/mol. The molecule has 0 fully saturated rings. The highest BCUT2D eigenvalue weighted by molar-refractivity contribution is 5.88. The number of halogens is 2. The number of rotatable bonds is 4. The van der Waals surface area contributed by atoms with E-state index in [0.717, 1.165) is 17.0 Å². The molecule has 5 aromatic rings. The second-order valence-electron chi connectivity index (χ2n) is 6.91. The van der Waals surface area contributed by atoms with Crippen molar-refractivity contribution in [2.75, 3.05) is 0 Å². The maximum absolute atomic E-state index is 14.5. The molecule has 0 unspecified atom stereocenters. The maximum atomic E-state index is 14.5. The van der Waals surface area contributed by atoms with Crippen molar-refractivity contribution in [1.82, 2.24) is 19.7 Å². The minimum Gasteiger partial charge on any atom is -0.478 e. The zero-order chi connectivity index (χ0) is 20.8. The number of benzene rings is 2. The van der Waals surface area contributed by atoms with E-state index >= 15 is 0 Å². The largest absolute Gasteiger partial charge is 0.478 e. The van der Waals surface area contributed by atoms with Crippen molar-refractivity contribution < 1.29 is 18.7 Å². The predicted molar refractivity (Wildman–Crippen MR) is 107 cm³/mol. The molecule has 0 aliphatic heterocycles. The Balaban J connectivity index is 1.50. The fraction of sp³-hybridized carbons (Fsp3) is 0.0455. The molecule has 0 spiro atoms. The van der Waals surface area contributed by atoms with Crippen molar-refractivity contribution in [2.24, 2.45) is 0 Å². The van der Waals surface area contributed by atoms with Gasteiger partial charge in [-0.1, -0.05) is 12.1 Å². The normalized spacial score (nSPS) is 11.4. The monoisotopic (exact) mass is 404 g/mol. The molecule has 2 aromatic carbocycles. The molecule has 30 heavy (non-hydrogen) atoms. The van der Waals surface area contributed by atoms with Crippen LogP contribution in [0.15, 0.2) is 60.8 Å². The number of aromatic amines is 1. The summed E-state index contributed by atoms with van der Waals surface area (Å²) in [5.74, 6) is -2.52. The highest BCUT2D eigenvalue weighted by Crippen LogP contribution is 2.25. The van der Waals surface area contributed by atoms with Gasteiger partial charge in [-0.25, -0.2) is 18.6 Å². The Labute approximate surface area is 168 Å². The molecule has 0 aliphatic rings. The SMILES string of the molecule is O=C(O)c1ccc(-c2ccc3[nH]n(Cc4cc5cccnc5cc4F)c3n2)cc1F. The van der Waals surface area contributed by atoms with Gasteiger partial charge in [0.05, 0.1) is 28.8 Å². The summed E-state index contributed by atoms with van der Waals surface area (Å²) in [6, 6.07) is 14.2. The first kappa shape index (κ1) is 18.0. The summed E-state index contributed by atoms with van der Waals surface area (Å²) >= 11 is 0. The van der Waals surface area contributed by atoms with Crippen LogP contribution in [0.4, 0.5) is 8.78 Å². The highest BCUT2D eigenvalue weighted by atomic mass is 19.1. The predicted octanol–water partition coefficient (Wildman–Crippen LogP) is 4.60. The third-order valence-electron chi connectivity index (χ3n) is 4.98. The number of carboxylic acid groups (broad SMARTS) is 1. The molecule has 6 nitrogen and oxygen atoms in total. The van der Waals surface area contributed by atoms with Crippen LogP contribution in [0, 0.1) is 11.6 Å². The third-order valence-corrected chi connectivity index (χ3v) is 4.98. The molecular weight excluding hydrogens is 390 g/mol. The lowest BCUT2D eigenvalue weighted by Gasteiger charge is -2.17. The van der Waals surface area contributed by atoms with Gasteiger partial charge in [0.2, 0.25) is 0 Å².